The quantitative estimate of drug-likeness (QED) is 0.551. The van der Waals surface area contributed by atoms with E-state index in [1.54, 1.807) is 36.4 Å². The molecule has 1 unspecified atom stereocenters. The van der Waals surface area contributed by atoms with Crippen LogP contribution in [0.4, 0.5) is 16.2 Å². The summed E-state index contributed by atoms with van der Waals surface area (Å²) in [7, 11) is 0. The lowest BCUT2D eigenvalue weighted by atomic mass is 10.1. The van der Waals surface area contributed by atoms with Crippen LogP contribution in [-0.2, 0) is 11.3 Å². The second-order valence-corrected chi connectivity index (χ2v) is 6.28. The van der Waals surface area contributed by atoms with Gasteiger partial charge in [-0.1, -0.05) is 49.2 Å². The van der Waals surface area contributed by atoms with Crippen molar-refractivity contribution in [2.75, 3.05) is 10.6 Å². The van der Waals surface area contributed by atoms with E-state index < -0.39 is 6.04 Å². The summed E-state index contributed by atoms with van der Waals surface area (Å²) in [5.74, 6) is -0.214. The predicted molar refractivity (Wildman–Crippen MR) is 113 cm³/mol. The third-order valence-electron chi connectivity index (χ3n) is 3.71. The zero-order chi connectivity index (χ0) is 18.9. The van der Waals surface area contributed by atoms with Crippen LogP contribution in [0.3, 0.4) is 0 Å². The molecule has 0 spiro atoms. The van der Waals surface area contributed by atoms with E-state index in [1.165, 1.54) is 0 Å². The fraction of sp³-hybridized carbons (Fsp3) is 0.263. The maximum atomic E-state index is 12.0. The third-order valence-corrected chi connectivity index (χ3v) is 4.04. The molecule has 5 N–H and O–H groups in total. The number of carbonyl (C=O) groups is 2. The molecule has 2 aromatic rings. The highest BCUT2D eigenvalue weighted by atomic mass is 35.5. The Morgan fingerprint density at radius 3 is 2.56 bits per heavy atom. The summed E-state index contributed by atoms with van der Waals surface area (Å²) in [6.07, 6.45) is 1.48. The number of benzene rings is 2. The predicted octanol–water partition coefficient (Wildman–Crippen LogP) is 4.15. The van der Waals surface area contributed by atoms with Gasteiger partial charge in [-0.2, -0.15) is 0 Å². The molecule has 0 aliphatic carbocycles. The standard InChI is InChI=1S/C19H23ClN4O2.ClH/c1-2-6-16(21)18(25)23-14-8-5-7-13(11-14)12-22-19(26)24-17-10-4-3-9-15(17)20;/h3-5,7-11,16H,2,6,12,21H2,1H3,(H,23,25)(H2,22,24,26);1H. The zero-order valence-corrected chi connectivity index (χ0v) is 16.6. The lowest BCUT2D eigenvalue weighted by Crippen LogP contribution is -2.35. The Kier molecular flexibility index (Phi) is 9.64. The van der Waals surface area contributed by atoms with Crippen LogP contribution in [0.2, 0.25) is 5.02 Å². The molecule has 0 aliphatic heterocycles. The molecule has 3 amide bonds. The van der Waals surface area contributed by atoms with Crippen molar-refractivity contribution in [2.45, 2.75) is 32.4 Å². The fourth-order valence-corrected chi connectivity index (χ4v) is 2.53. The number of nitrogens with two attached hydrogens (primary N) is 1. The second-order valence-electron chi connectivity index (χ2n) is 5.87. The van der Waals surface area contributed by atoms with Crippen LogP contribution in [0.25, 0.3) is 0 Å². The number of anilines is 2. The number of nitrogens with one attached hydrogen (secondary N) is 3. The van der Waals surface area contributed by atoms with Gasteiger partial charge in [-0.05, 0) is 36.2 Å². The van der Waals surface area contributed by atoms with E-state index in [-0.39, 0.29) is 24.3 Å². The Morgan fingerprint density at radius 2 is 1.85 bits per heavy atom. The number of amides is 3. The van der Waals surface area contributed by atoms with Gasteiger partial charge in [-0.3, -0.25) is 4.79 Å². The molecule has 6 nitrogen and oxygen atoms in total. The molecule has 0 heterocycles. The average Bonchev–Trinajstić information content (AvgIpc) is 2.62. The summed E-state index contributed by atoms with van der Waals surface area (Å²) in [6.45, 7) is 2.29. The number of para-hydroxylation sites is 1. The highest BCUT2D eigenvalue weighted by Crippen LogP contribution is 2.20. The number of halogens is 2. The van der Waals surface area contributed by atoms with Gasteiger partial charge >= 0.3 is 6.03 Å². The number of carbonyl (C=O) groups excluding carboxylic acids is 2. The van der Waals surface area contributed by atoms with Crippen molar-refractivity contribution in [3.8, 4) is 0 Å². The third kappa shape index (κ3) is 7.46. The molecule has 0 aromatic heterocycles. The zero-order valence-electron chi connectivity index (χ0n) is 15.0. The molecule has 2 rings (SSSR count). The number of hydrogen-bond acceptors (Lipinski definition) is 3. The average molecular weight is 411 g/mol. The summed E-state index contributed by atoms with van der Waals surface area (Å²) < 4.78 is 0. The van der Waals surface area contributed by atoms with E-state index in [4.69, 9.17) is 17.3 Å². The Hall–Kier alpha value is -2.28. The van der Waals surface area contributed by atoms with Gasteiger partial charge < -0.3 is 21.7 Å². The van der Waals surface area contributed by atoms with E-state index in [1.807, 2.05) is 19.1 Å². The van der Waals surface area contributed by atoms with Crippen molar-refractivity contribution in [2.24, 2.45) is 5.73 Å². The Bertz CT molecular complexity index is 771. The van der Waals surface area contributed by atoms with Gasteiger partial charge in [0.1, 0.15) is 0 Å². The molecular weight excluding hydrogens is 387 g/mol. The molecule has 2 aromatic carbocycles. The van der Waals surface area contributed by atoms with E-state index in [2.05, 4.69) is 16.0 Å². The van der Waals surface area contributed by atoms with Gasteiger partial charge in [-0.15, -0.1) is 12.4 Å². The maximum Gasteiger partial charge on any atom is 0.319 e. The summed E-state index contributed by atoms with van der Waals surface area (Å²) in [5, 5.41) is 8.70. The Morgan fingerprint density at radius 1 is 1.11 bits per heavy atom. The lowest BCUT2D eigenvalue weighted by molar-refractivity contribution is -0.117. The first-order valence-electron chi connectivity index (χ1n) is 8.44. The van der Waals surface area contributed by atoms with E-state index in [0.717, 1.165) is 12.0 Å². The van der Waals surface area contributed by atoms with E-state index in [0.29, 0.717) is 29.4 Å². The monoisotopic (exact) mass is 410 g/mol. The van der Waals surface area contributed by atoms with Gasteiger partial charge in [-0.25, -0.2) is 4.79 Å². The van der Waals surface area contributed by atoms with Gasteiger partial charge in [0.05, 0.1) is 16.8 Å². The molecule has 1 atom stereocenters. The number of rotatable bonds is 7. The molecule has 8 heteroatoms. The molecular formula is C19H24Cl2N4O2. The first kappa shape index (κ1) is 22.8. The second kappa shape index (κ2) is 11.4. The molecule has 0 radical (unpaired) electrons. The number of hydrogen-bond donors (Lipinski definition) is 4. The molecule has 27 heavy (non-hydrogen) atoms. The van der Waals surface area contributed by atoms with Crippen molar-refractivity contribution in [1.29, 1.82) is 0 Å². The topological polar surface area (TPSA) is 96.2 Å². The molecule has 0 bridgehead atoms. The van der Waals surface area contributed by atoms with Crippen molar-refractivity contribution in [1.82, 2.24) is 5.32 Å². The van der Waals surface area contributed by atoms with Crippen LogP contribution in [0.1, 0.15) is 25.3 Å². The minimum absolute atomic E-state index is 0. The molecule has 0 fully saturated rings. The molecule has 0 saturated carbocycles. The molecule has 146 valence electrons. The van der Waals surface area contributed by atoms with Crippen molar-refractivity contribution in [3.05, 3.63) is 59.1 Å². The fourth-order valence-electron chi connectivity index (χ4n) is 2.35. The summed E-state index contributed by atoms with van der Waals surface area (Å²) in [4.78, 5) is 24.0. The van der Waals surface area contributed by atoms with Crippen LogP contribution in [-0.4, -0.2) is 18.0 Å². The molecule has 0 saturated heterocycles. The maximum absolute atomic E-state index is 12.0. The van der Waals surface area contributed by atoms with Crippen molar-refractivity contribution < 1.29 is 9.59 Å². The van der Waals surface area contributed by atoms with Crippen LogP contribution in [0, 0.1) is 0 Å². The van der Waals surface area contributed by atoms with E-state index in [9.17, 15) is 9.59 Å². The van der Waals surface area contributed by atoms with Gasteiger partial charge in [0.15, 0.2) is 0 Å². The van der Waals surface area contributed by atoms with Gasteiger partial charge in [0, 0.05) is 12.2 Å². The summed E-state index contributed by atoms with van der Waals surface area (Å²) in [5.41, 5.74) is 7.84. The minimum Gasteiger partial charge on any atom is -0.334 e. The van der Waals surface area contributed by atoms with Gasteiger partial charge in [0.25, 0.3) is 0 Å². The van der Waals surface area contributed by atoms with Crippen LogP contribution in [0.5, 0.6) is 0 Å². The Labute approximate surface area is 170 Å². The van der Waals surface area contributed by atoms with Crippen LogP contribution >= 0.6 is 24.0 Å². The normalized spacial score (nSPS) is 11.1. The SMILES string of the molecule is CCCC(N)C(=O)Nc1cccc(CNC(=O)Nc2ccccc2Cl)c1.Cl. The first-order chi connectivity index (χ1) is 12.5. The smallest absolute Gasteiger partial charge is 0.319 e. The minimum atomic E-state index is -0.525. The van der Waals surface area contributed by atoms with Crippen molar-refractivity contribution >= 4 is 47.3 Å². The Balaban J connectivity index is 0.00000364. The lowest BCUT2D eigenvalue weighted by Gasteiger charge is -2.13. The first-order valence-corrected chi connectivity index (χ1v) is 8.82. The molecule has 0 aliphatic rings. The van der Waals surface area contributed by atoms with Crippen LogP contribution < -0.4 is 21.7 Å². The largest absolute Gasteiger partial charge is 0.334 e. The summed E-state index contributed by atoms with van der Waals surface area (Å²) >= 11 is 6.01. The highest BCUT2D eigenvalue weighted by Gasteiger charge is 2.12. The highest BCUT2D eigenvalue weighted by molar-refractivity contribution is 6.33. The summed E-state index contributed by atoms with van der Waals surface area (Å²) in [6, 6.07) is 13.4. The number of urea groups is 1. The van der Waals surface area contributed by atoms with E-state index >= 15 is 0 Å². The van der Waals surface area contributed by atoms with Gasteiger partial charge in [0.2, 0.25) is 5.91 Å². The van der Waals surface area contributed by atoms with Crippen molar-refractivity contribution in [3.63, 3.8) is 0 Å². The van der Waals surface area contributed by atoms with Crippen LogP contribution in [0.15, 0.2) is 48.5 Å².